The van der Waals surface area contributed by atoms with Gasteiger partial charge < -0.3 is 14.8 Å². The lowest BCUT2D eigenvalue weighted by Gasteiger charge is -2.13. The van der Waals surface area contributed by atoms with Crippen LogP contribution in [0.5, 0.6) is 0 Å². The minimum absolute atomic E-state index is 0.0323. The van der Waals surface area contributed by atoms with Crippen LogP contribution in [0.3, 0.4) is 0 Å². The highest BCUT2D eigenvalue weighted by atomic mass is 19.4. The van der Waals surface area contributed by atoms with Crippen LogP contribution >= 0.6 is 0 Å². The first-order valence-corrected chi connectivity index (χ1v) is 10.6. The average molecular weight is 485 g/mol. The number of carboxylic acids is 1. The number of alkyl halides is 3. The fourth-order valence-electron chi connectivity index (χ4n) is 3.91. The zero-order valence-electron chi connectivity index (χ0n) is 18.4. The number of aryl methyl sites for hydroxylation is 1. The van der Waals surface area contributed by atoms with Gasteiger partial charge in [0.1, 0.15) is 17.2 Å². The molecule has 9 heteroatoms. The number of hydrogen-bond donors (Lipinski definition) is 2. The second kappa shape index (κ2) is 9.25. The van der Waals surface area contributed by atoms with Crippen LogP contribution in [0.4, 0.5) is 17.6 Å². The molecule has 0 unspecified atom stereocenters. The molecule has 35 heavy (non-hydrogen) atoms. The van der Waals surface area contributed by atoms with Gasteiger partial charge in [-0.05, 0) is 71.6 Å². The van der Waals surface area contributed by atoms with E-state index in [0.717, 1.165) is 0 Å². The van der Waals surface area contributed by atoms with E-state index in [2.05, 4.69) is 5.32 Å². The lowest BCUT2D eigenvalue weighted by Crippen LogP contribution is -2.18. The van der Waals surface area contributed by atoms with Crippen molar-refractivity contribution in [2.45, 2.75) is 19.0 Å². The van der Waals surface area contributed by atoms with E-state index >= 15 is 0 Å². The number of aromatic carboxylic acids is 1. The first-order chi connectivity index (χ1) is 16.6. The van der Waals surface area contributed by atoms with Crippen molar-refractivity contribution in [3.05, 3.63) is 83.2 Å². The van der Waals surface area contributed by atoms with Crippen molar-refractivity contribution in [2.24, 2.45) is 0 Å². The molecule has 5 nitrogen and oxygen atoms in total. The van der Waals surface area contributed by atoms with Gasteiger partial charge >= 0.3 is 12.1 Å². The molecule has 4 rings (SSSR count). The molecular formula is C26H19F4NO4. The van der Waals surface area contributed by atoms with E-state index in [1.807, 2.05) is 0 Å². The third-order valence-corrected chi connectivity index (χ3v) is 5.57. The summed E-state index contributed by atoms with van der Waals surface area (Å²) < 4.78 is 58.5. The fourth-order valence-corrected chi connectivity index (χ4v) is 3.91. The molecule has 0 saturated heterocycles. The molecule has 0 fully saturated rings. The molecule has 0 atom stereocenters. The molecule has 4 aromatic rings. The molecule has 1 aromatic heterocycles. The van der Waals surface area contributed by atoms with Crippen LogP contribution in [0.15, 0.2) is 65.1 Å². The summed E-state index contributed by atoms with van der Waals surface area (Å²) in [5.41, 5.74) is 1.70. The number of rotatable bonds is 6. The van der Waals surface area contributed by atoms with E-state index < -0.39 is 30.3 Å². The van der Waals surface area contributed by atoms with Crippen LogP contribution in [-0.2, 0) is 6.42 Å². The normalized spacial score (nSPS) is 11.6. The maximum Gasteiger partial charge on any atom is 0.389 e. The number of furan rings is 1. The number of benzene rings is 3. The number of carboxylic acid groups (broad SMARTS) is 1. The van der Waals surface area contributed by atoms with E-state index in [9.17, 15) is 32.3 Å². The monoisotopic (exact) mass is 485 g/mol. The summed E-state index contributed by atoms with van der Waals surface area (Å²) in [5.74, 6) is -2.03. The van der Waals surface area contributed by atoms with Crippen LogP contribution in [0.2, 0.25) is 0 Å². The Balaban J connectivity index is 1.99. The summed E-state index contributed by atoms with van der Waals surface area (Å²) >= 11 is 0. The van der Waals surface area contributed by atoms with Crippen LogP contribution in [0.1, 0.15) is 32.7 Å². The molecule has 0 aliphatic rings. The van der Waals surface area contributed by atoms with Gasteiger partial charge in [0.25, 0.3) is 5.91 Å². The summed E-state index contributed by atoms with van der Waals surface area (Å²) in [6.45, 7) is 0. The van der Waals surface area contributed by atoms with Crippen molar-refractivity contribution < 1.29 is 36.7 Å². The molecule has 0 bridgehead atoms. The van der Waals surface area contributed by atoms with Gasteiger partial charge in [-0.1, -0.05) is 12.1 Å². The maximum absolute atomic E-state index is 13.5. The van der Waals surface area contributed by atoms with E-state index in [1.54, 1.807) is 6.07 Å². The molecule has 1 amide bonds. The summed E-state index contributed by atoms with van der Waals surface area (Å²) in [5, 5.41) is 12.2. The van der Waals surface area contributed by atoms with Crippen LogP contribution < -0.4 is 5.32 Å². The predicted octanol–water partition coefficient (Wildman–Crippen LogP) is 6.46. The molecule has 0 aliphatic carbocycles. The summed E-state index contributed by atoms with van der Waals surface area (Å²) in [7, 11) is 1.42. The molecular weight excluding hydrogens is 466 g/mol. The molecule has 2 N–H and O–H groups in total. The Bertz CT molecular complexity index is 1420. The Hall–Kier alpha value is -4.14. The minimum Gasteiger partial charge on any atom is -0.478 e. The third-order valence-electron chi connectivity index (χ3n) is 5.57. The molecule has 0 radical (unpaired) electrons. The highest BCUT2D eigenvalue weighted by molar-refractivity contribution is 6.12. The van der Waals surface area contributed by atoms with Gasteiger partial charge in [-0.2, -0.15) is 13.2 Å². The van der Waals surface area contributed by atoms with Gasteiger partial charge in [0, 0.05) is 24.4 Å². The molecule has 180 valence electrons. The summed E-state index contributed by atoms with van der Waals surface area (Å²) in [4.78, 5) is 24.3. The Morgan fingerprint density at radius 1 is 1.00 bits per heavy atom. The van der Waals surface area contributed by atoms with Crippen LogP contribution in [0, 0.1) is 5.82 Å². The summed E-state index contributed by atoms with van der Waals surface area (Å²) in [6, 6.07) is 14.1. The van der Waals surface area contributed by atoms with E-state index in [0.29, 0.717) is 22.1 Å². The van der Waals surface area contributed by atoms with Crippen molar-refractivity contribution in [3.8, 4) is 22.5 Å². The van der Waals surface area contributed by atoms with Crippen molar-refractivity contribution in [3.63, 3.8) is 0 Å². The van der Waals surface area contributed by atoms with E-state index in [-0.39, 0.29) is 34.5 Å². The van der Waals surface area contributed by atoms with Gasteiger partial charge in [0.15, 0.2) is 0 Å². The smallest absolute Gasteiger partial charge is 0.389 e. The number of carbonyl (C=O) groups excluding carboxylic acids is 1. The quantitative estimate of drug-likeness (QED) is 0.307. The Kier molecular flexibility index (Phi) is 6.34. The fraction of sp³-hybridized carbons (Fsp3) is 0.154. The van der Waals surface area contributed by atoms with Crippen LogP contribution in [-0.4, -0.2) is 30.2 Å². The molecule has 0 spiro atoms. The number of halogens is 4. The predicted molar refractivity (Wildman–Crippen MR) is 122 cm³/mol. The summed E-state index contributed by atoms with van der Waals surface area (Å²) in [6.07, 6.45) is -5.89. The van der Waals surface area contributed by atoms with Gasteiger partial charge in [-0.25, -0.2) is 9.18 Å². The first kappa shape index (κ1) is 24.0. The van der Waals surface area contributed by atoms with Gasteiger partial charge in [0.05, 0.1) is 11.1 Å². The topological polar surface area (TPSA) is 79.5 Å². The van der Waals surface area contributed by atoms with E-state index in [1.165, 1.54) is 61.6 Å². The second-order valence-corrected chi connectivity index (χ2v) is 7.90. The van der Waals surface area contributed by atoms with Crippen molar-refractivity contribution in [2.75, 3.05) is 7.05 Å². The Labute approximate surface area is 197 Å². The standard InChI is InChI=1S/C26H19F4NO4/c1-31-24(32)22-20-13-19(15-3-2-4-17(11-15)25(33)34)16(9-10-26(28,29)30)12-21(20)35-23(22)14-5-7-18(27)8-6-14/h2-8,11-13H,9-10H2,1H3,(H,31,32)(H,33,34). The van der Waals surface area contributed by atoms with Crippen molar-refractivity contribution in [1.82, 2.24) is 5.32 Å². The second-order valence-electron chi connectivity index (χ2n) is 7.90. The number of fused-ring (bicyclic) bond motifs is 1. The zero-order chi connectivity index (χ0) is 25.3. The molecule has 0 saturated carbocycles. The van der Waals surface area contributed by atoms with E-state index in [4.69, 9.17) is 4.42 Å². The largest absolute Gasteiger partial charge is 0.478 e. The highest BCUT2D eigenvalue weighted by Crippen LogP contribution is 2.39. The van der Waals surface area contributed by atoms with Crippen LogP contribution in [0.25, 0.3) is 33.4 Å². The molecule has 0 aliphatic heterocycles. The Morgan fingerprint density at radius 2 is 1.71 bits per heavy atom. The average Bonchev–Trinajstić information content (AvgIpc) is 3.20. The number of amides is 1. The lowest BCUT2D eigenvalue weighted by molar-refractivity contribution is -0.133. The third kappa shape index (κ3) is 5.03. The number of nitrogens with one attached hydrogen (secondary N) is 1. The minimum atomic E-state index is -4.41. The molecule has 1 heterocycles. The van der Waals surface area contributed by atoms with Crippen molar-refractivity contribution in [1.29, 1.82) is 0 Å². The van der Waals surface area contributed by atoms with Gasteiger partial charge in [-0.15, -0.1) is 0 Å². The zero-order valence-corrected chi connectivity index (χ0v) is 18.4. The molecule has 3 aromatic carbocycles. The number of hydrogen-bond acceptors (Lipinski definition) is 3. The lowest BCUT2D eigenvalue weighted by atomic mass is 9.92. The van der Waals surface area contributed by atoms with Gasteiger partial charge in [0.2, 0.25) is 0 Å². The number of carbonyl (C=O) groups is 2. The first-order valence-electron chi connectivity index (χ1n) is 10.6. The van der Waals surface area contributed by atoms with Crippen molar-refractivity contribution >= 4 is 22.8 Å². The maximum atomic E-state index is 13.5. The van der Waals surface area contributed by atoms with Gasteiger partial charge in [-0.3, -0.25) is 4.79 Å². The SMILES string of the molecule is CNC(=O)c1c(-c2ccc(F)cc2)oc2cc(CCC(F)(F)F)c(-c3cccc(C(=O)O)c3)cc12. The highest BCUT2D eigenvalue weighted by Gasteiger charge is 2.28. The Morgan fingerprint density at radius 3 is 2.34 bits per heavy atom.